The largest absolute Gasteiger partial charge is 0.477 e. The normalized spacial score (nSPS) is 17.0. The van der Waals surface area contributed by atoms with E-state index in [1.165, 1.54) is 0 Å². The molecule has 7 heteroatoms. The van der Waals surface area contributed by atoms with Gasteiger partial charge in [0.05, 0.1) is 6.54 Å². The molecule has 0 aliphatic rings. The minimum Gasteiger partial charge on any atom is -0.477 e. The molecule has 0 aromatic carbocycles. The molecule has 0 fully saturated rings. The predicted octanol–water partition coefficient (Wildman–Crippen LogP) is 3.92. The lowest BCUT2D eigenvalue weighted by Crippen LogP contribution is -2.72. The number of rotatable bonds is 16. The number of carbonyl (C=O) groups is 3. The van der Waals surface area contributed by atoms with Gasteiger partial charge in [-0.2, -0.15) is 0 Å². The zero-order valence-electron chi connectivity index (χ0n) is 17.8. The van der Waals surface area contributed by atoms with Gasteiger partial charge in [0.25, 0.3) is 0 Å². The molecule has 0 saturated carbocycles. The molecule has 0 heterocycles. The summed E-state index contributed by atoms with van der Waals surface area (Å²) in [6.45, 7) is 7.37. The van der Waals surface area contributed by atoms with Crippen molar-refractivity contribution >= 4 is 17.9 Å². The monoisotopic (exact) mass is 400 g/mol. The van der Waals surface area contributed by atoms with E-state index in [-0.39, 0.29) is 25.8 Å². The minimum absolute atomic E-state index is 0.180. The Bertz CT molecular complexity index is 476. The maximum absolute atomic E-state index is 12.1. The fourth-order valence-electron chi connectivity index (χ4n) is 4.33. The lowest BCUT2D eigenvalue weighted by molar-refractivity contribution is -0.973. The van der Waals surface area contributed by atoms with Crippen LogP contribution in [0.4, 0.5) is 0 Å². The average molecular weight is 401 g/mol. The van der Waals surface area contributed by atoms with Crippen LogP contribution in [0, 0.1) is 0 Å². The maximum Gasteiger partial charge on any atom is 0.362 e. The highest BCUT2D eigenvalue weighted by molar-refractivity contribution is 5.78. The van der Waals surface area contributed by atoms with Crippen LogP contribution in [0.2, 0.25) is 0 Å². The lowest BCUT2D eigenvalue weighted by atomic mass is 9.94. The van der Waals surface area contributed by atoms with Crippen LogP contribution in [0.25, 0.3) is 0 Å². The molecule has 0 spiro atoms. The summed E-state index contributed by atoms with van der Waals surface area (Å²) in [5, 5.41) is 29.5. The summed E-state index contributed by atoms with van der Waals surface area (Å²) in [4.78, 5) is 36.2. The van der Waals surface area contributed by atoms with Gasteiger partial charge < -0.3 is 15.3 Å². The van der Waals surface area contributed by atoms with Crippen LogP contribution in [-0.4, -0.2) is 62.4 Å². The molecule has 7 nitrogen and oxygen atoms in total. The highest BCUT2D eigenvalue weighted by atomic mass is 16.4. The average Bonchev–Trinajstić information content (AvgIpc) is 2.61. The van der Waals surface area contributed by atoms with E-state index in [1.54, 1.807) is 20.8 Å². The van der Waals surface area contributed by atoms with E-state index in [0.29, 0.717) is 6.42 Å². The van der Waals surface area contributed by atoms with Gasteiger partial charge in [0, 0.05) is 19.3 Å². The van der Waals surface area contributed by atoms with Gasteiger partial charge in [-0.15, -0.1) is 0 Å². The number of quaternary nitrogens is 1. The minimum atomic E-state index is -1.13. The van der Waals surface area contributed by atoms with Gasteiger partial charge in [0.2, 0.25) is 0 Å². The van der Waals surface area contributed by atoms with Crippen molar-refractivity contribution in [3.8, 4) is 0 Å². The summed E-state index contributed by atoms with van der Waals surface area (Å²) in [5.41, 5.74) is 0. The number of hydrogen-bond acceptors (Lipinski definition) is 3. The van der Waals surface area contributed by atoms with E-state index in [0.717, 1.165) is 25.7 Å². The van der Waals surface area contributed by atoms with Crippen molar-refractivity contribution in [1.29, 1.82) is 0 Å². The molecule has 0 saturated heterocycles. The van der Waals surface area contributed by atoms with Gasteiger partial charge in [-0.25, -0.2) is 14.4 Å². The third kappa shape index (κ3) is 6.62. The second kappa shape index (κ2) is 13.3. The quantitative estimate of drug-likeness (QED) is 0.206. The molecular formula is C21H38NO6+. The number of hydrogen-bond donors (Lipinski definition) is 3. The first kappa shape index (κ1) is 26.1. The first-order valence-electron chi connectivity index (χ1n) is 10.4. The van der Waals surface area contributed by atoms with Gasteiger partial charge in [-0.1, -0.05) is 46.3 Å². The molecule has 0 amide bonds. The van der Waals surface area contributed by atoms with Crippen LogP contribution >= 0.6 is 0 Å². The molecular weight excluding hydrogens is 362 g/mol. The highest BCUT2D eigenvalue weighted by Crippen LogP contribution is 2.32. The molecule has 0 aromatic heterocycles. The Balaban J connectivity index is 5.99. The SMILES string of the molecule is CCC/C=C/CCCC[N+](C(CC)C(=O)O)(C(CC)C(=O)O)C(CC)C(=O)O. The standard InChI is InChI=1S/C21H37NO6/c1-5-9-10-11-12-13-14-15-22(16(6-2)19(23)24,17(7-3)20(25)26)18(8-4)21(27)28/h10-11,16-18H,5-9,12-15H2,1-4H3,(H2-,23,24,25,26,27,28)/p+1/b11-10+. The summed E-state index contributed by atoms with van der Waals surface area (Å²) in [5.74, 6) is -3.40. The predicted molar refractivity (Wildman–Crippen MR) is 108 cm³/mol. The molecule has 0 rings (SSSR count). The lowest BCUT2D eigenvalue weighted by Gasteiger charge is -2.49. The Morgan fingerprint density at radius 3 is 1.43 bits per heavy atom. The highest BCUT2D eigenvalue weighted by Gasteiger charge is 2.55. The van der Waals surface area contributed by atoms with Crippen LogP contribution in [0.15, 0.2) is 12.2 Å². The van der Waals surface area contributed by atoms with Crippen molar-refractivity contribution in [3.63, 3.8) is 0 Å². The molecule has 0 aromatic rings. The summed E-state index contributed by atoms with van der Waals surface area (Å²) in [6, 6.07) is -3.21. The van der Waals surface area contributed by atoms with Gasteiger partial charge in [0.15, 0.2) is 18.1 Å². The topological polar surface area (TPSA) is 112 Å². The van der Waals surface area contributed by atoms with E-state index in [4.69, 9.17) is 0 Å². The second-order valence-electron chi connectivity index (χ2n) is 7.26. The van der Waals surface area contributed by atoms with Crippen molar-refractivity contribution in [2.24, 2.45) is 0 Å². The first-order valence-corrected chi connectivity index (χ1v) is 10.4. The van der Waals surface area contributed by atoms with E-state index < -0.39 is 40.5 Å². The Labute approximate surface area is 168 Å². The zero-order chi connectivity index (χ0) is 21.7. The van der Waals surface area contributed by atoms with E-state index in [1.807, 2.05) is 0 Å². The molecule has 0 radical (unpaired) electrons. The molecule has 28 heavy (non-hydrogen) atoms. The van der Waals surface area contributed by atoms with E-state index >= 15 is 0 Å². The summed E-state index contributed by atoms with van der Waals surface area (Å²) in [6.07, 6.45) is 8.96. The fourth-order valence-corrected chi connectivity index (χ4v) is 4.33. The molecule has 0 aliphatic heterocycles. The number of nitrogens with zero attached hydrogens (tertiary/aromatic N) is 1. The Hall–Kier alpha value is -1.89. The molecule has 3 unspecified atom stereocenters. The van der Waals surface area contributed by atoms with Crippen LogP contribution in [0.3, 0.4) is 0 Å². The van der Waals surface area contributed by atoms with Crippen LogP contribution < -0.4 is 0 Å². The number of allylic oxidation sites excluding steroid dienone is 2. The molecule has 162 valence electrons. The number of carboxylic acids is 3. The third-order valence-corrected chi connectivity index (χ3v) is 5.54. The van der Waals surface area contributed by atoms with Crippen molar-refractivity contribution in [2.45, 2.75) is 97.2 Å². The van der Waals surface area contributed by atoms with Gasteiger partial charge in [-0.05, 0) is 25.7 Å². The molecule has 3 N–H and O–H groups in total. The van der Waals surface area contributed by atoms with Crippen LogP contribution in [0.1, 0.15) is 79.1 Å². The van der Waals surface area contributed by atoms with Crippen molar-refractivity contribution in [2.75, 3.05) is 6.54 Å². The summed E-state index contributed by atoms with van der Waals surface area (Å²) >= 11 is 0. The summed E-state index contributed by atoms with van der Waals surface area (Å²) < 4.78 is -0.428. The maximum atomic E-state index is 12.1. The van der Waals surface area contributed by atoms with Crippen molar-refractivity contribution in [3.05, 3.63) is 12.2 Å². The molecule has 0 aliphatic carbocycles. The Morgan fingerprint density at radius 1 is 0.714 bits per heavy atom. The number of unbranched alkanes of at least 4 members (excludes halogenated alkanes) is 3. The molecule has 0 bridgehead atoms. The smallest absolute Gasteiger partial charge is 0.362 e. The Morgan fingerprint density at radius 2 is 1.11 bits per heavy atom. The second-order valence-corrected chi connectivity index (χ2v) is 7.26. The first-order chi connectivity index (χ1) is 13.2. The van der Waals surface area contributed by atoms with Gasteiger partial charge in [0.1, 0.15) is 0 Å². The zero-order valence-corrected chi connectivity index (χ0v) is 17.8. The van der Waals surface area contributed by atoms with Crippen LogP contribution in [-0.2, 0) is 14.4 Å². The summed E-state index contributed by atoms with van der Waals surface area (Å²) in [7, 11) is 0. The molecule has 3 atom stereocenters. The van der Waals surface area contributed by atoms with Gasteiger partial charge in [-0.3, -0.25) is 4.48 Å². The third-order valence-electron chi connectivity index (χ3n) is 5.54. The fraction of sp³-hybridized carbons (Fsp3) is 0.762. The van der Waals surface area contributed by atoms with E-state index in [2.05, 4.69) is 19.1 Å². The van der Waals surface area contributed by atoms with Crippen LogP contribution in [0.5, 0.6) is 0 Å². The Kier molecular flexibility index (Phi) is 12.4. The van der Waals surface area contributed by atoms with Gasteiger partial charge >= 0.3 is 17.9 Å². The van der Waals surface area contributed by atoms with Crippen molar-refractivity contribution < 1.29 is 34.2 Å². The van der Waals surface area contributed by atoms with Crippen molar-refractivity contribution in [1.82, 2.24) is 0 Å². The number of aliphatic carboxylic acids is 3. The van der Waals surface area contributed by atoms with E-state index in [9.17, 15) is 29.7 Å². The number of carboxylic acid groups (broad SMARTS) is 3.